The molecular weight excluding hydrogens is 484 g/mol. The molecule has 3 saturated heterocycles. The van der Waals surface area contributed by atoms with Crippen molar-refractivity contribution in [1.82, 2.24) is 4.90 Å². The number of hydrogen-bond acceptors (Lipinski definition) is 6. The number of anilines is 1. The molecule has 0 unspecified atom stereocenters. The summed E-state index contributed by atoms with van der Waals surface area (Å²) >= 11 is 6.48. The van der Waals surface area contributed by atoms with Crippen LogP contribution in [0, 0.1) is 17.8 Å². The van der Waals surface area contributed by atoms with Crippen molar-refractivity contribution in [2.75, 3.05) is 24.7 Å². The number of nitrogens with zero attached hydrogens (tertiary/aromatic N) is 2. The van der Waals surface area contributed by atoms with E-state index in [1.54, 1.807) is 37.3 Å². The van der Waals surface area contributed by atoms with Crippen molar-refractivity contribution in [3.8, 4) is 0 Å². The third kappa shape index (κ3) is 4.23. The number of carbonyl (C=O) groups is 3. The third-order valence-electron chi connectivity index (χ3n) is 7.60. The smallest absolute Gasteiger partial charge is 0.312 e. The van der Waals surface area contributed by atoms with E-state index in [0.29, 0.717) is 30.0 Å². The second kappa shape index (κ2) is 10.5. The summed E-state index contributed by atoms with van der Waals surface area (Å²) in [5.41, 5.74) is -0.684. The monoisotopic (exact) mass is 518 g/mol. The number of para-hydroxylation sites is 1. The normalized spacial score (nSPS) is 29.4. The van der Waals surface area contributed by atoms with Gasteiger partial charge in [0, 0.05) is 6.54 Å². The van der Waals surface area contributed by atoms with Crippen LogP contribution in [-0.2, 0) is 23.9 Å². The van der Waals surface area contributed by atoms with Gasteiger partial charge in [-0.3, -0.25) is 14.4 Å². The van der Waals surface area contributed by atoms with E-state index < -0.39 is 41.6 Å². The zero-order valence-corrected chi connectivity index (χ0v) is 21.8. The number of aliphatic hydroxyl groups excluding tert-OH is 1. The van der Waals surface area contributed by atoms with Gasteiger partial charge in [-0.2, -0.15) is 0 Å². The molecule has 0 aromatic heterocycles. The molecule has 36 heavy (non-hydrogen) atoms. The van der Waals surface area contributed by atoms with Crippen molar-refractivity contribution >= 4 is 35.1 Å². The van der Waals surface area contributed by atoms with Gasteiger partial charge >= 0.3 is 5.97 Å². The fraction of sp³-hybridized carbons (Fsp3) is 0.593. The Morgan fingerprint density at radius 1 is 1.39 bits per heavy atom. The highest BCUT2D eigenvalue weighted by molar-refractivity contribution is 6.34. The summed E-state index contributed by atoms with van der Waals surface area (Å²) < 4.78 is 11.8. The Hall–Kier alpha value is -2.42. The van der Waals surface area contributed by atoms with Crippen molar-refractivity contribution in [2.24, 2.45) is 17.8 Å². The highest BCUT2D eigenvalue weighted by Gasteiger charge is 2.75. The quantitative estimate of drug-likeness (QED) is 0.377. The van der Waals surface area contributed by atoms with Crippen LogP contribution in [0.15, 0.2) is 36.9 Å². The zero-order valence-electron chi connectivity index (χ0n) is 21.1. The summed E-state index contributed by atoms with van der Waals surface area (Å²) in [7, 11) is 0. The standard InChI is InChI=1S/C27H35ClN2O6/c1-5-13-29(19-10-8-7-9-18(19)28)25(33)23-27-12-11-20(36-27)21(26(34)35-6-2)22(27)24(32)30(23)17(15-31)14-16(3)4/h5,7-10,16-17,20-23,31H,1,6,11-15H2,2-4H3/t17-,20-,21+,22+,23-,27+/m1/s1. The van der Waals surface area contributed by atoms with Crippen LogP contribution in [0.25, 0.3) is 0 Å². The Bertz CT molecular complexity index is 1030. The summed E-state index contributed by atoms with van der Waals surface area (Å²) in [4.78, 5) is 44.5. The lowest BCUT2D eigenvalue weighted by Crippen LogP contribution is -2.59. The SMILES string of the molecule is C=CCN(C(=O)[C@H]1N([C@@H](CO)CC(C)C)C(=O)[C@@H]2[C@@H](C(=O)OCC)[C@H]3CC[C@]21O3)c1ccccc1Cl. The highest BCUT2D eigenvalue weighted by atomic mass is 35.5. The van der Waals surface area contributed by atoms with E-state index in [1.165, 1.54) is 9.80 Å². The van der Waals surface area contributed by atoms with Gasteiger partial charge in [-0.15, -0.1) is 6.58 Å². The lowest BCUT2D eigenvalue weighted by molar-refractivity contribution is -0.155. The molecule has 2 bridgehead atoms. The predicted octanol–water partition coefficient (Wildman–Crippen LogP) is 3.20. The van der Waals surface area contributed by atoms with Crippen LogP contribution in [0.5, 0.6) is 0 Å². The number of fused-ring (bicyclic) bond motifs is 1. The number of aliphatic hydroxyl groups is 1. The van der Waals surface area contributed by atoms with Gasteiger partial charge < -0.3 is 24.4 Å². The first-order valence-electron chi connectivity index (χ1n) is 12.7. The van der Waals surface area contributed by atoms with Gasteiger partial charge in [0.15, 0.2) is 0 Å². The molecule has 0 saturated carbocycles. The Labute approximate surface area is 217 Å². The molecule has 3 fully saturated rings. The number of rotatable bonds is 10. The summed E-state index contributed by atoms with van der Waals surface area (Å²) in [5, 5.41) is 10.7. The number of likely N-dealkylation sites (tertiary alicyclic amines) is 1. The molecule has 1 aromatic carbocycles. The minimum Gasteiger partial charge on any atom is -0.466 e. The molecule has 0 radical (unpaired) electrons. The van der Waals surface area contributed by atoms with Crippen molar-refractivity contribution < 1.29 is 29.0 Å². The molecule has 3 aliphatic rings. The Morgan fingerprint density at radius 3 is 2.72 bits per heavy atom. The van der Waals surface area contributed by atoms with Crippen molar-refractivity contribution in [3.63, 3.8) is 0 Å². The molecule has 4 rings (SSSR count). The first kappa shape index (κ1) is 26.6. The number of ether oxygens (including phenoxy) is 2. The largest absolute Gasteiger partial charge is 0.466 e. The van der Waals surface area contributed by atoms with Crippen molar-refractivity contribution in [1.29, 1.82) is 0 Å². The molecule has 1 N–H and O–H groups in total. The molecule has 196 valence electrons. The van der Waals surface area contributed by atoms with Gasteiger partial charge in [0.2, 0.25) is 5.91 Å². The van der Waals surface area contributed by atoms with E-state index in [-0.39, 0.29) is 37.5 Å². The fourth-order valence-corrected chi connectivity index (χ4v) is 6.58. The summed E-state index contributed by atoms with van der Waals surface area (Å²) in [5.74, 6) is -2.65. The van der Waals surface area contributed by atoms with Crippen LogP contribution in [0.4, 0.5) is 5.69 Å². The molecule has 2 amide bonds. The summed E-state index contributed by atoms with van der Waals surface area (Å²) in [6, 6.07) is 5.38. The second-order valence-corrected chi connectivity index (χ2v) is 10.6. The molecule has 1 spiro atoms. The van der Waals surface area contributed by atoms with E-state index in [4.69, 9.17) is 21.1 Å². The van der Waals surface area contributed by atoms with Crippen LogP contribution in [-0.4, -0.2) is 71.3 Å². The van der Waals surface area contributed by atoms with Crippen LogP contribution in [0.1, 0.15) is 40.0 Å². The predicted molar refractivity (Wildman–Crippen MR) is 135 cm³/mol. The van der Waals surface area contributed by atoms with Gasteiger partial charge in [0.1, 0.15) is 11.6 Å². The van der Waals surface area contributed by atoms with Crippen molar-refractivity contribution in [3.05, 3.63) is 41.9 Å². The minimum absolute atomic E-state index is 0.162. The van der Waals surface area contributed by atoms with E-state index in [9.17, 15) is 19.5 Å². The van der Waals surface area contributed by atoms with Crippen LogP contribution >= 0.6 is 11.6 Å². The van der Waals surface area contributed by atoms with E-state index >= 15 is 0 Å². The lowest BCUT2D eigenvalue weighted by Gasteiger charge is -2.39. The van der Waals surface area contributed by atoms with Gasteiger partial charge in [0.05, 0.1) is 47.9 Å². The Kier molecular flexibility index (Phi) is 7.78. The Balaban J connectivity index is 1.83. The molecule has 3 aliphatic heterocycles. The van der Waals surface area contributed by atoms with Gasteiger partial charge in [-0.1, -0.05) is 43.7 Å². The third-order valence-corrected chi connectivity index (χ3v) is 7.92. The maximum absolute atomic E-state index is 14.4. The number of amides is 2. The van der Waals surface area contributed by atoms with Gasteiger partial charge in [0.25, 0.3) is 5.91 Å². The lowest BCUT2D eigenvalue weighted by atomic mass is 9.70. The summed E-state index contributed by atoms with van der Waals surface area (Å²) in [6.45, 7) is 9.57. The maximum atomic E-state index is 14.4. The zero-order chi connectivity index (χ0) is 26.2. The number of carbonyl (C=O) groups excluding carboxylic acids is 3. The number of benzene rings is 1. The first-order valence-corrected chi connectivity index (χ1v) is 13.0. The van der Waals surface area contributed by atoms with Gasteiger partial charge in [-0.25, -0.2) is 0 Å². The number of esters is 1. The van der Waals surface area contributed by atoms with E-state index in [0.717, 1.165) is 0 Å². The average Bonchev–Trinajstić information content (AvgIpc) is 3.48. The van der Waals surface area contributed by atoms with Crippen molar-refractivity contribution in [2.45, 2.75) is 63.8 Å². The van der Waals surface area contributed by atoms with Crippen LogP contribution < -0.4 is 4.90 Å². The first-order chi connectivity index (χ1) is 17.2. The molecule has 6 atom stereocenters. The Morgan fingerprint density at radius 2 is 2.11 bits per heavy atom. The maximum Gasteiger partial charge on any atom is 0.312 e. The number of halogens is 1. The molecule has 0 aliphatic carbocycles. The topological polar surface area (TPSA) is 96.4 Å². The molecule has 9 heteroatoms. The highest BCUT2D eigenvalue weighted by Crippen LogP contribution is 2.59. The van der Waals surface area contributed by atoms with Crippen LogP contribution in [0.2, 0.25) is 5.02 Å². The summed E-state index contributed by atoms with van der Waals surface area (Å²) in [6.07, 6.45) is 2.62. The molecular formula is C27H35ClN2O6. The molecule has 8 nitrogen and oxygen atoms in total. The fourth-order valence-electron chi connectivity index (χ4n) is 6.34. The minimum atomic E-state index is -1.18. The van der Waals surface area contributed by atoms with E-state index in [1.807, 2.05) is 13.8 Å². The molecule has 1 aromatic rings. The molecule has 3 heterocycles. The van der Waals surface area contributed by atoms with Gasteiger partial charge in [-0.05, 0) is 44.2 Å². The number of hydrogen-bond donors (Lipinski definition) is 1. The average molecular weight is 519 g/mol. The van der Waals surface area contributed by atoms with E-state index in [2.05, 4.69) is 6.58 Å². The van der Waals surface area contributed by atoms with Crippen LogP contribution in [0.3, 0.4) is 0 Å². The second-order valence-electron chi connectivity index (χ2n) is 10.2.